The summed E-state index contributed by atoms with van der Waals surface area (Å²) in [5, 5.41) is 3.59. The lowest BCUT2D eigenvalue weighted by atomic mass is 9.69. The number of aryl methyl sites for hydroxylation is 1. The molecule has 2 unspecified atom stereocenters. The molecule has 0 saturated heterocycles. The molecular weight excluding hydrogens is 218 g/mol. The fourth-order valence-corrected chi connectivity index (χ4v) is 2.91. The normalized spacial score (nSPS) is 23.1. The van der Waals surface area contributed by atoms with E-state index in [0.29, 0.717) is 6.04 Å². The smallest absolute Gasteiger partial charge is 0.00104 e. The van der Waals surface area contributed by atoms with Gasteiger partial charge in [0.15, 0.2) is 0 Å². The molecule has 1 aliphatic carbocycles. The van der Waals surface area contributed by atoms with Gasteiger partial charge in [-0.1, -0.05) is 51.5 Å². The first-order valence-electron chi connectivity index (χ1n) is 7.53. The molecule has 1 aliphatic rings. The zero-order valence-electron chi connectivity index (χ0n) is 12.1. The van der Waals surface area contributed by atoms with Gasteiger partial charge in [0.05, 0.1) is 0 Å². The van der Waals surface area contributed by atoms with Crippen LogP contribution in [0.15, 0.2) is 24.3 Å². The molecule has 0 bridgehead atoms. The summed E-state index contributed by atoms with van der Waals surface area (Å²) in [6.45, 7) is 7.90. The molecule has 1 aromatic carbocycles. The van der Waals surface area contributed by atoms with E-state index >= 15 is 0 Å². The van der Waals surface area contributed by atoms with E-state index in [4.69, 9.17) is 0 Å². The Balaban J connectivity index is 1.96. The fourth-order valence-electron chi connectivity index (χ4n) is 2.91. The second-order valence-electron chi connectivity index (χ2n) is 6.00. The Bertz CT molecular complexity index is 370. The summed E-state index contributed by atoms with van der Waals surface area (Å²) in [6.07, 6.45) is 5.23. The van der Waals surface area contributed by atoms with Crippen molar-refractivity contribution in [2.45, 2.75) is 58.4 Å². The third-order valence-corrected chi connectivity index (χ3v) is 4.12. The maximum absolute atomic E-state index is 3.59. The maximum atomic E-state index is 3.59. The lowest BCUT2D eigenvalue weighted by molar-refractivity contribution is 0.240. The molecule has 18 heavy (non-hydrogen) atoms. The number of rotatable bonds is 6. The summed E-state index contributed by atoms with van der Waals surface area (Å²) in [6, 6.07) is 9.89. The van der Waals surface area contributed by atoms with Crippen molar-refractivity contribution in [2.75, 3.05) is 6.54 Å². The van der Waals surface area contributed by atoms with Crippen LogP contribution in [0.3, 0.4) is 0 Å². The van der Waals surface area contributed by atoms with Gasteiger partial charge in [0.1, 0.15) is 0 Å². The molecule has 0 spiro atoms. The highest BCUT2D eigenvalue weighted by molar-refractivity contribution is 5.28. The van der Waals surface area contributed by atoms with Gasteiger partial charge in [-0.2, -0.15) is 0 Å². The summed E-state index contributed by atoms with van der Waals surface area (Å²) in [4.78, 5) is 0. The van der Waals surface area contributed by atoms with Crippen molar-refractivity contribution in [3.63, 3.8) is 0 Å². The molecule has 0 aliphatic heterocycles. The van der Waals surface area contributed by atoms with Crippen molar-refractivity contribution in [1.29, 1.82) is 0 Å². The van der Waals surface area contributed by atoms with Gasteiger partial charge in [-0.15, -0.1) is 0 Å². The lowest BCUT2D eigenvalue weighted by Gasteiger charge is -2.38. The van der Waals surface area contributed by atoms with Crippen LogP contribution < -0.4 is 5.32 Å². The molecule has 100 valence electrons. The second kappa shape index (κ2) is 6.38. The predicted octanol–water partition coefficient (Wildman–Crippen LogP) is 4.13. The van der Waals surface area contributed by atoms with E-state index in [1.165, 1.54) is 37.8 Å². The summed E-state index contributed by atoms with van der Waals surface area (Å²) >= 11 is 0. The van der Waals surface area contributed by atoms with Crippen molar-refractivity contribution in [3.8, 4) is 0 Å². The number of hydrogen-bond donors (Lipinski definition) is 1. The van der Waals surface area contributed by atoms with Crippen molar-refractivity contribution in [2.24, 2.45) is 5.92 Å². The Kier molecular flexibility index (Phi) is 4.82. The van der Waals surface area contributed by atoms with E-state index in [2.05, 4.69) is 50.4 Å². The number of benzene rings is 1. The van der Waals surface area contributed by atoms with Gasteiger partial charge in [-0.25, -0.2) is 0 Å². The van der Waals surface area contributed by atoms with E-state index in [-0.39, 0.29) is 0 Å². The van der Waals surface area contributed by atoms with Crippen molar-refractivity contribution < 1.29 is 0 Å². The molecule has 0 aromatic heterocycles. The van der Waals surface area contributed by atoms with E-state index in [9.17, 15) is 0 Å². The molecule has 0 amide bonds. The van der Waals surface area contributed by atoms with Gasteiger partial charge in [0, 0.05) is 6.04 Å². The Morgan fingerprint density at radius 1 is 1.28 bits per heavy atom. The third kappa shape index (κ3) is 3.35. The van der Waals surface area contributed by atoms with Gasteiger partial charge >= 0.3 is 0 Å². The predicted molar refractivity (Wildman–Crippen MR) is 79.0 cm³/mol. The Morgan fingerprint density at radius 2 is 2.11 bits per heavy atom. The van der Waals surface area contributed by atoms with E-state index in [1.54, 1.807) is 5.56 Å². The maximum Gasteiger partial charge on any atom is 0.00104 e. The third-order valence-electron chi connectivity index (χ3n) is 4.12. The van der Waals surface area contributed by atoms with Crippen LogP contribution in [0.5, 0.6) is 0 Å². The van der Waals surface area contributed by atoms with Crippen LogP contribution in [0, 0.1) is 5.92 Å². The SMILES string of the molecule is CCCc1cccc(C2CCC2CNC(C)C)c1. The molecule has 1 nitrogen and oxygen atoms in total. The van der Waals surface area contributed by atoms with E-state index in [1.807, 2.05) is 0 Å². The van der Waals surface area contributed by atoms with Crippen LogP contribution >= 0.6 is 0 Å². The van der Waals surface area contributed by atoms with Crippen LogP contribution in [-0.4, -0.2) is 12.6 Å². The topological polar surface area (TPSA) is 12.0 Å². The van der Waals surface area contributed by atoms with Crippen molar-refractivity contribution in [3.05, 3.63) is 35.4 Å². The molecule has 0 heterocycles. The quantitative estimate of drug-likeness (QED) is 0.794. The highest BCUT2D eigenvalue weighted by Crippen LogP contribution is 2.42. The molecule has 1 fully saturated rings. The van der Waals surface area contributed by atoms with Gasteiger partial charge < -0.3 is 5.32 Å². The van der Waals surface area contributed by atoms with Gasteiger partial charge in [0.25, 0.3) is 0 Å². The summed E-state index contributed by atoms with van der Waals surface area (Å²) in [5.74, 6) is 1.65. The zero-order valence-corrected chi connectivity index (χ0v) is 12.1. The van der Waals surface area contributed by atoms with Crippen LogP contribution in [0.2, 0.25) is 0 Å². The molecule has 2 atom stereocenters. The first-order valence-corrected chi connectivity index (χ1v) is 7.53. The molecule has 0 radical (unpaired) electrons. The van der Waals surface area contributed by atoms with Crippen LogP contribution in [0.25, 0.3) is 0 Å². The molecule has 2 rings (SSSR count). The number of nitrogens with one attached hydrogen (secondary N) is 1. The fraction of sp³-hybridized carbons (Fsp3) is 0.647. The van der Waals surface area contributed by atoms with Crippen LogP contribution in [0.4, 0.5) is 0 Å². The standard InChI is InChI=1S/C17H27N/c1-4-6-14-7-5-8-15(11-14)17-10-9-16(17)12-18-13(2)3/h5,7-8,11,13,16-18H,4,6,9-10,12H2,1-3H3. The van der Waals surface area contributed by atoms with E-state index in [0.717, 1.165) is 11.8 Å². The van der Waals surface area contributed by atoms with Crippen LogP contribution in [-0.2, 0) is 6.42 Å². The minimum Gasteiger partial charge on any atom is -0.314 e. The lowest BCUT2D eigenvalue weighted by Crippen LogP contribution is -2.36. The molecule has 1 N–H and O–H groups in total. The molecule has 1 saturated carbocycles. The largest absolute Gasteiger partial charge is 0.314 e. The highest BCUT2D eigenvalue weighted by Gasteiger charge is 2.31. The minimum absolute atomic E-state index is 0.609. The Morgan fingerprint density at radius 3 is 2.72 bits per heavy atom. The van der Waals surface area contributed by atoms with Crippen molar-refractivity contribution in [1.82, 2.24) is 5.32 Å². The van der Waals surface area contributed by atoms with Gasteiger partial charge in [-0.3, -0.25) is 0 Å². The average molecular weight is 245 g/mol. The van der Waals surface area contributed by atoms with Crippen LogP contribution in [0.1, 0.15) is 57.1 Å². The highest BCUT2D eigenvalue weighted by atomic mass is 14.9. The second-order valence-corrected chi connectivity index (χ2v) is 6.00. The summed E-state index contributed by atoms with van der Waals surface area (Å²) in [5.41, 5.74) is 3.08. The first-order chi connectivity index (χ1) is 8.70. The Labute approximate surface area is 112 Å². The summed E-state index contributed by atoms with van der Waals surface area (Å²) in [7, 11) is 0. The zero-order chi connectivity index (χ0) is 13.0. The molecule has 1 aromatic rings. The minimum atomic E-state index is 0.609. The van der Waals surface area contributed by atoms with Crippen molar-refractivity contribution >= 4 is 0 Å². The van der Waals surface area contributed by atoms with E-state index < -0.39 is 0 Å². The summed E-state index contributed by atoms with van der Waals surface area (Å²) < 4.78 is 0. The average Bonchev–Trinajstić information content (AvgIpc) is 2.28. The first kappa shape index (κ1) is 13.6. The Hall–Kier alpha value is -0.820. The van der Waals surface area contributed by atoms with Gasteiger partial charge in [0.2, 0.25) is 0 Å². The number of hydrogen-bond acceptors (Lipinski definition) is 1. The molecular formula is C17H27N. The van der Waals surface area contributed by atoms with Gasteiger partial charge in [-0.05, 0) is 48.8 Å². The molecule has 1 heteroatoms. The monoisotopic (exact) mass is 245 g/mol.